The van der Waals surface area contributed by atoms with Gasteiger partial charge in [-0.25, -0.2) is 4.39 Å². The van der Waals surface area contributed by atoms with Gasteiger partial charge in [0.15, 0.2) is 11.5 Å². The fraction of sp³-hybridized carbons (Fsp3) is 0.200. The van der Waals surface area contributed by atoms with Gasteiger partial charge in [0, 0.05) is 16.6 Å². The van der Waals surface area contributed by atoms with Crippen molar-refractivity contribution >= 4 is 21.6 Å². The summed E-state index contributed by atoms with van der Waals surface area (Å²) in [4.78, 5) is 0. The van der Waals surface area contributed by atoms with E-state index in [1.54, 1.807) is 12.1 Å². The third kappa shape index (κ3) is 2.72. The molecule has 0 radical (unpaired) electrons. The van der Waals surface area contributed by atoms with Crippen LogP contribution in [0.3, 0.4) is 0 Å². The Balaban J connectivity index is 1.80. The van der Waals surface area contributed by atoms with Gasteiger partial charge >= 0.3 is 0 Å². The van der Waals surface area contributed by atoms with Crippen LogP contribution in [0.25, 0.3) is 0 Å². The summed E-state index contributed by atoms with van der Waals surface area (Å²) in [7, 11) is 0. The molecule has 0 aromatic heterocycles. The smallest absolute Gasteiger partial charge is 0.166 e. The zero-order valence-electron chi connectivity index (χ0n) is 10.7. The molecule has 3 nitrogen and oxygen atoms in total. The molecule has 0 spiro atoms. The highest BCUT2D eigenvalue weighted by Gasteiger charge is 2.15. The summed E-state index contributed by atoms with van der Waals surface area (Å²) >= 11 is 3.33. The van der Waals surface area contributed by atoms with Crippen LogP contribution in [-0.2, 0) is 6.54 Å². The molecule has 0 aliphatic carbocycles. The monoisotopic (exact) mass is 337 g/mol. The Morgan fingerprint density at radius 1 is 1.15 bits per heavy atom. The third-order valence-corrected chi connectivity index (χ3v) is 3.54. The summed E-state index contributed by atoms with van der Waals surface area (Å²) in [5, 5.41) is 3.08. The second-order valence-electron chi connectivity index (χ2n) is 4.42. The summed E-state index contributed by atoms with van der Waals surface area (Å²) in [5.74, 6) is 1.20. The normalized spacial score (nSPS) is 13.1. The van der Waals surface area contributed by atoms with Crippen molar-refractivity contribution in [1.82, 2.24) is 0 Å². The number of halogens is 2. The van der Waals surface area contributed by atoms with Gasteiger partial charge in [0.1, 0.15) is 19.0 Å². The minimum absolute atomic E-state index is 0.282. The van der Waals surface area contributed by atoms with Gasteiger partial charge in [-0.1, -0.05) is 28.1 Å². The van der Waals surface area contributed by atoms with Crippen LogP contribution < -0.4 is 14.8 Å². The topological polar surface area (TPSA) is 30.5 Å². The quantitative estimate of drug-likeness (QED) is 0.919. The molecule has 0 bridgehead atoms. The molecule has 1 aliphatic rings. The van der Waals surface area contributed by atoms with E-state index in [1.807, 2.05) is 18.2 Å². The van der Waals surface area contributed by atoms with Gasteiger partial charge in [-0.05, 0) is 24.3 Å². The third-order valence-electron chi connectivity index (χ3n) is 3.05. The van der Waals surface area contributed by atoms with Crippen molar-refractivity contribution in [1.29, 1.82) is 0 Å². The van der Waals surface area contributed by atoms with Gasteiger partial charge < -0.3 is 14.8 Å². The van der Waals surface area contributed by atoms with Gasteiger partial charge in [-0.15, -0.1) is 0 Å². The van der Waals surface area contributed by atoms with Crippen molar-refractivity contribution in [3.63, 3.8) is 0 Å². The van der Waals surface area contributed by atoms with E-state index in [4.69, 9.17) is 9.47 Å². The van der Waals surface area contributed by atoms with Crippen LogP contribution in [0.2, 0.25) is 0 Å². The summed E-state index contributed by atoms with van der Waals surface area (Å²) in [6.45, 7) is 1.57. The maximum Gasteiger partial charge on any atom is 0.166 e. The Morgan fingerprint density at radius 2 is 2.00 bits per heavy atom. The molecule has 0 fully saturated rings. The Hall–Kier alpha value is -1.75. The number of hydrogen-bond acceptors (Lipinski definition) is 3. The van der Waals surface area contributed by atoms with Gasteiger partial charge in [-0.2, -0.15) is 0 Å². The number of anilines is 1. The average Bonchev–Trinajstić information content (AvgIpc) is 2.48. The van der Waals surface area contributed by atoms with Crippen LogP contribution in [0.4, 0.5) is 10.1 Å². The zero-order chi connectivity index (χ0) is 13.9. The fourth-order valence-electron chi connectivity index (χ4n) is 2.10. The second-order valence-corrected chi connectivity index (χ2v) is 5.33. The number of ether oxygens (including phenoxy) is 2. The van der Waals surface area contributed by atoms with Crippen LogP contribution in [0.1, 0.15) is 5.56 Å². The SMILES string of the molecule is Fc1ccc(Br)cc1NCc1cccc2c1OCCO2. The summed E-state index contributed by atoms with van der Waals surface area (Å²) in [5.41, 5.74) is 1.40. The molecule has 2 aromatic rings. The summed E-state index contributed by atoms with van der Waals surface area (Å²) in [6.07, 6.45) is 0. The van der Waals surface area contributed by atoms with Crippen LogP contribution in [0.5, 0.6) is 11.5 Å². The molecule has 3 rings (SSSR count). The number of fused-ring (bicyclic) bond motifs is 1. The predicted molar refractivity (Wildman–Crippen MR) is 78.9 cm³/mol. The van der Waals surface area contributed by atoms with E-state index < -0.39 is 0 Å². The first-order chi connectivity index (χ1) is 9.74. The molecule has 1 N–H and O–H groups in total. The summed E-state index contributed by atoms with van der Waals surface area (Å²) in [6, 6.07) is 10.5. The molecule has 1 heterocycles. The van der Waals surface area contributed by atoms with E-state index in [0.717, 1.165) is 21.5 Å². The van der Waals surface area contributed by atoms with Gasteiger partial charge in [0.05, 0.1) is 5.69 Å². The van der Waals surface area contributed by atoms with Gasteiger partial charge in [0.2, 0.25) is 0 Å². The molecule has 2 aromatic carbocycles. The minimum atomic E-state index is -0.282. The first-order valence-corrected chi connectivity index (χ1v) is 7.10. The van der Waals surface area contributed by atoms with Crippen LogP contribution in [0.15, 0.2) is 40.9 Å². The average molecular weight is 338 g/mol. The molecule has 5 heteroatoms. The highest BCUT2D eigenvalue weighted by molar-refractivity contribution is 9.10. The molecule has 0 amide bonds. The Kier molecular flexibility index (Phi) is 3.78. The molecule has 0 saturated heterocycles. The molecular weight excluding hydrogens is 325 g/mol. The van der Waals surface area contributed by atoms with E-state index in [2.05, 4.69) is 21.2 Å². The van der Waals surface area contributed by atoms with Crippen molar-refractivity contribution in [2.24, 2.45) is 0 Å². The molecule has 1 aliphatic heterocycles. The lowest BCUT2D eigenvalue weighted by Gasteiger charge is -2.21. The highest BCUT2D eigenvalue weighted by Crippen LogP contribution is 2.34. The lowest BCUT2D eigenvalue weighted by atomic mass is 10.1. The zero-order valence-corrected chi connectivity index (χ0v) is 12.2. The van der Waals surface area contributed by atoms with Crippen molar-refractivity contribution in [3.05, 3.63) is 52.3 Å². The van der Waals surface area contributed by atoms with E-state index in [9.17, 15) is 4.39 Å². The van der Waals surface area contributed by atoms with Crippen LogP contribution >= 0.6 is 15.9 Å². The minimum Gasteiger partial charge on any atom is -0.486 e. The molecule has 0 unspecified atom stereocenters. The van der Waals surface area contributed by atoms with Gasteiger partial charge in [0.25, 0.3) is 0 Å². The number of para-hydroxylation sites is 1. The number of benzene rings is 2. The lowest BCUT2D eigenvalue weighted by molar-refractivity contribution is 0.170. The van der Waals surface area contributed by atoms with Crippen LogP contribution in [0, 0.1) is 5.82 Å². The fourth-order valence-corrected chi connectivity index (χ4v) is 2.46. The van der Waals surface area contributed by atoms with Crippen LogP contribution in [-0.4, -0.2) is 13.2 Å². The van der Waals surface area contributed by atoms with E-state index in [1.165, 1.54) is 6.07 Å². The molecule has 0 saturated carbocycles. The maximum absolute atomic E-state index is 13.7. The van der Waals surface area contributed by atoms with Crippen molar-refractivity contribution in [2.75, 3.05) is 18.5 Å². The number of hydrogen-bond donors (Lipinski definition) is 1. The largest absolute Gasteiger partial charge is 0.486 e. The van der Waals surface area contributed by atoms with E-state index in [0.29, 0.717) is 25.4 Å². The van der Waals surface area contributed by atoms with Gasteiger partial charge in [-0.3, -0.25) is 0 Å². The number of rotatable bonds is 3. The standard InChI is InChI=1S/C15H13BrFNO2/c16-11-4-5-12(17)13(8-11)18-9-10-2-1-3-14-15(10)20-7-6-19-14/h1-5,8,18H,6-7,9H2. The molecule has 20 heavy (non-hydrogen) atoms. The Labute approximate surface area is 124 Å². The maximum atomic E-state index is 13.7. The van der Waals surface area contributed by atoms with Crippen molar-refractivity contribution in [3.8, 4) is 11.5 Å². The van der Waals surface area contributed by atoms with E-state index >= 15 is 0 Å². The molecule has 0 atom stereocenters. The molecular formula is C15H13BrFNO2. The highest BCUT2D eigenvalue weighted by atomic mass is 79.9. The first kappa shape index (κ1) is 13.2. The van der Waals surface area contributed by atoms with E-state index in [-0.39, 0.29) is 5.82 Å². The lowest BCUT2D eigenvalue weighted by Crippen LogP contribution is -2.17. The first-order valence-electron chi connectivity index (χ1n) is 6.30. The number of nitrogens with one attached hydrogen (secondary N) is 1. The Bertz CT molecular complexity index is 633. The molecule has 104 valence electrons. The predicted octanol–water partition coefficient (Wildman–Crippen LogP) is 3.97. The van der Waals surface area contributed by atoms with Crippen molar-refractivity contribution < 1.29 is 13.9 Å². The second kappa shape index (κ2) is 5.71. The Morgan fingerprint density at radius 3 is 2.90 bits per heavy atom. The van der Waals surface area contributed by atoms with Crippen molar-refractivity contribution in [2.45, 2.75) is 6.54 Å². The summed E-state index contributed by atoms with van der Waals surface area (Å²) < 4.78 is 25.7.